The van der Waals surface area contributed by atoms with Gasteiger partial charge in [0.2, 0.25) is 0 Å². The molecular formula is C21H23F2N5O3. The van der Waals surface area contributed by atoms with Crippen molar-refractivity contribution in [1.82, 2.24) is 19.9 Å². The van der Waals surface area contributed by atoms with E-state index in [2.05, 4.69) is 20.7 Å². The molecule has 10 heteroatoms. The van der Waals surface area contributed by atoms with E-state index >= 15 is 0 Å². The van der Waals surface area contributed by atoms with Gasteiger partial charge in [0.15, 0.2) is 5.82 Å². The summed E-state index contributed by atoms with van der Waals surface area (Å²) in [6.45, 7) is 5.99. The summed E-state index contributed by atoms with van der Waals surface area (Å²) in [7, 11) is 1.28. The van der Waals surface area contributed by atoms with Gasteiger partial charge in [0.05, 0.1) is 23.9 Å². The van der Waals surface area contributed by atoms with E-state index in [4.69, 9.17) is 4.74 Å². The molecule has 31 heavy (non-hydrogen) atoms. The molecule has 3 aromatic rings. The third kappa shape index (κ3) is 4.32. The molecule has 0 aliphatic heterocycles. The molecule has 1 aromatic carbocycles. The monoisotopic (exact) mass is 431 g/mol. The second-order valence-corrected chi connectivity index (χ2v) is 7.20. The van der Waals surface area contributed by atoms with Crippen molar-refractivity contribution in [3.05, 3.63) is 53.0 Å². The van der Waals surface area contributed by atoms with Crippen LogP contribution in [0.4, 0.5) is 20.3 Å². The normalized spacial score (nSPS) is 11.1. The lowest BCUT2D eigenvalue weighted by Gasteiger charge is -2.13. The van der Waals surface area contributed by atoms with Gasteiger partial charge in [-0.25, -0.2) is 23.1 Å². The van der Waals surface area contributed by atoms with Crippen molar-refractivity contribution in [3.8, 4) is 0 Å². The van der Waals surface area contributed by atoms with E-state index in [-0.39, 0.29) is 23.0 Å². The first kappa shape index (κ1) is 22.1. The van der Waals surface area contributed by atoms with Gasteiger partial charge < -0.3 is 15.4 Å². The topological polar surface area (TPSA) is 97.6 Å². The zero-order chi connectivity index (χ0) is 22.7. The van der Waals surface area contributed by atoms with Crippen LogP contribution in [0.25, 0.3) is 5.52 Å². The molecule has 8 nitrogen and oxygen atoms in total. The number of esters is 1. The quantitative estimate of drug-likeness (QED) is 0.553. The summed E-state index contributed by atoms with van der Waals surface area (Å²) < 4.78 is 35.0. The fraction of sp³-hybridized carbons (Fsp3) is 0.333. The summed E-state index contributed by atoms with van der Waals surface area (Å²) in [5, 5.41) is 9.50. The maximum atomic E-state index is 14.5. The number of amides is 1. The van der Waals surface area contributed by atoms with Crippen molar-refractivity contribution in [3.63, 3.8) is 0 Å². The Balaban J connectivity index is 2.11. The molecule has 0 spiro atoms. The number of nitrogens with one attached hydrogen (secondary N) is 2. The highest BCUT2D eigenvalue weighted by Gasteiger charge is 2.24. The summed E-state index contributed by atoms with van der Waals surface area (Å²) in [5.74, 6) is -2.97. The van der Waals surface area contributed by atoms with E-state index in [1.807, 2.05) is 20.8 Å². The third-order valence-electron chi connectivity index (χ3n) is 4.69. The largest absolute Gasteiger partial charge is 0.465 e. The number of carbonyl (C=O) groups is 2. The highest BCUT2D eigenvalue weighted by atomic mass is 19.1. The summed E-state index contributed by atoms with van der Waals surface area (Å²) >= 11 is 0. The first-order valence-corrected chi connectivity index (χ1v) is 9.77. The predicted molar refractivity (Wildman–Crippen MR) is 111 cm³/mol. The molecule has 2 heterocycles. The van der Waals surface area contributed by atoms with E-state index in [0.29, 0.717) is 35.7 Å². The molecule has 0 unspecified atom stereocenters. The van der Waals surface area contributed by atoms with Gasteiger partial charge in [0.25, 0.3) is 5.91 Å². The van der Waals surface area contributed by atoms with Crippen LogP contribution in [0.2, 0.25) is 0 Å². The number of benzene rings is 1. The van der Waals surface area contributed by atoms with Crippen molar-refractivity contribution < 1.29 is 23.1 Å². The van der Waals surface area contributed by atoms with Crippen molar-refractivity contribution in [1.29, 1.82) is 0 Å². The van der Waals surface area contributed by atoms with Gasteiger partial charge in [0, 0.05) is 24.4 Å². The Morgan fingerprint density at radius 1 is 1.19 bits per heavy atom. The number of nitrogens with zero attached hydrogens (tertiary/aromatic N) is 3. The molecular weight excluding hydrogens is 408 g/mol. The van der Waals surface area contributed by atoms with Gasteiger partial charge in [0.1, 0.15) is 23.5 Å². The van der Waals surface area contributed by atoms with Crippen molar-refractivity contribution >= 4 is 28.9 Å². The van der Waals surface area contributed by atoms with Gasteiger partial charge in [-0.3, -0.25) is 4.79 Å². The molecule has 3 rings (SSSR count). The van der Waals surface area contributed by atoms with E-state index < -0.39 is 23.5 Å². The summed E-state index contributed by atoms with van der Waals surface area (Å²) in [6.07, 6.45) is 3.41. The molecule has 0 aliphatic rings. The average molecular weight is 431 g/mol. The number of hydrogen-bond acceptors (Lipinski definition) is 6. The van der Waals surface area contributed by atoms with Crippen LogP contribution in [-0.2, 0) is 4.74 Å². The van der Waals surface area contributed by atoms with Gasteiger partial charge >= 0.3 is 5.97 Å². The number of rotatable bonds is 7. The number of carbonyl (C=O) groups excluding carboxylic acids is 2. The Hall–Kier alpha value is -3.56. The van der Waals surface area contributed by atoms with E-state index in [0.717, 1.165) is 6.07 Å². The number of ether oxygens (including phenoxy) is 1. The van der Waals surface area contributed by atoms with Crippen LogP contribution < -0.4 is 10.6 Å². The number of halogens is 2. The Bertz CT molecular complexity index is 1140. The second-order valence-electron chi connectivity index (χ2n) is 7.20. The van der Waals surface area contributed by atoms with Gasteiger partial charge in [-0.2, -0.15) is 5.10 Å². The maximum absolute atomic E-state index is 14.5. The lowest BCUT2D eigenvalue weighted by atomic mass is 10.00. The van der Waals surface area contributed by atoms with E-state index in [9.17, 15) is 18.4 Å². The van der Waals surface area contributed by atoms with Gasteiger partial charge in [-0.05, 0) is 18.4 Å². The third-order valence-corrected chi connectivity index (χ3v) is 4.69. The zero-order valence-electron chi connectivity index (χ0n) is 17.6. The molecule has 164 valence electrons. The molecule has 0 atom stereocenters. The first-order chi connectivity index (χ1) is 14.8. The van der Waals surface area contributed by atoms with Crippen LogP contribution in [0.5, 0.6) is 0 Å². The first-order valence-electron chi connectivity index (χ1n) is 9.77. The smallest absolute Gasteiger partial charge is 0.339 e. The molecule has 0 bridgehead atoms. The predicted octanol–water partition coefficient (Wildman–Crippen LogP) is 3.80. The lowest BCUT2D eigenvalue weighted by molar-refractivity contribution is 0.0599. The highest BCUT2D eigenvalue weighted by Crippen LogP contribution is 2.32. The molecule has 0 fully saturated rings. The van der Waals surface area contributed by atoms with Gasteiger partial charge in [-0.1, -0.05) is 20.8 Å². The lowest BCUT2D eigenvalue weighted by Crippen LogP contribution is -2.25. The molecule has 2 N–H and O–H groups in total. The van der Waals surface area contributed by atoms with Crippen molar-refractivity contribution in [2.75, 3.05) is 19.0 Å². The maximum Gasteiger partial charge on any atom is 0.339 e. The van der Waals surface area contributed by atoms with Crippen LogP contribution >= 0.6 is 0 Å². The molecule has 0 saturated heterocycles. The number of hydrogen-bond donors (Lipinski definition) is 2. The summed E-state index contributed by atoms with van der Waals surface area (Å²) in [5.41, 5.74) is 0.925. The van der Waals surface area contributed by atoms with E-state index in [1.165, 1.54) is 24.1 Å². The summed E-state index contributed by atoms with van der Waals surface area (Å²) in [4.78, 5) is 28.6. The van der Waals surface area contributed by atoms with Crippen LogP contribution in [0, 0.1) is 11.6 Å². The van der Waals surface area contributed by atoms with Crippen LogP contribution in [0.1, 0.15) is 59.4 Å². The number of anilines is 2. The van der Waals surface area contributed by atoms with Crippen molar-refractivity contribution in [2.24, 2.45) is 0 Å². The van der Waals surface area contributed by atoms with Crippen LogP contribution in [0.3, 0.4) is 0 Å². The minimum absolute atomic E-state index is 0.112. The number of aromatic nitrogens is 3. The molecule has 2 aromatic heterocycles. The SMILES string of the molecule is CCCNC(=O)c1cc(Nc2ncnn3cc(C(=O)OC)c(C(C)C)c23)c(F)cc1F. The zero-order valence-corrected chi connectivity index (χ0v) is 17.6. The minimum atomic E-state index is -0.969. The Morgan fingerprint density at radius 2 is 1.94 bits per heavy atom. The standard InChI is InChI=1S/C21H23F2N5O3/c1-5-6-24-20(29)12-7-16(15(23)8-14(12)22)27-19-18-17(11(2)3)13(21(30)31-4)9-28(18)26-10-25-19/h7-11H,5-6H2,1-4H3,(H,24,29)(H,25,26,27). The fourth-order valence-electron chi connectivity index (χ4n) is 3.26. The Morgan fingerprint density at radius 3 is 2.58 bits per heavy atom. The number of methoxy groups -OCH3 is 1. The van der Waals surface area contributed by atoms with Crippen molar-refractivity contribution in [2.45, 2.75) is 33.1 Å². The fourth-order valence-corrected chi connectivity index (χ4v) is 3.26. The Labute approximate surface area is 177 Å². The molecule has 0 radical (unpaired) electrons. The minimum Gasteiger partial charge on any atom is -0.465 e. The Kier molecular flexibility index (Phi) is 6.47. The average Bonchev–Trinajstić information content (AvgIpc) is 3.14. The molecule has 0 saturated carbocycles. The van der Waals surface area contributed by atoms with Crippen LogP contribution in [0.15, 0.2) is 24.7 Å². The highest BCUT2D eigenvalue weighted by molar-refractivity contribution is 5.97. The molecule has 0 aliphatic carbocycles. The second kappa shape index (κ2) is 9.07. The summed E-state index contributed by atoms with van der Waals surface area (Å²) in [6, 6.07) is 1.73. The number of fused-ring (bicyclic) bond motifs is 1. The van der Waals surface area contributed by atoms with E-state index in [1.54, 1.807) is 0 Å². The van der Waals surface area contributed by atoms with Gasteiger partial charge in [-0.15, -0.1) is 0 Å². The van der Waals surface area contributed by atoms with Crippen LogP contribution in [-0.4, -0.2) is 40.1 Å². The molecule has 1 amide bonds.